The second kappa shape index (κ2) is 9.30. The molecule has 0 bridgehead atoms. The Balaban J connectivity index is 2.28. The van der Waals surface area contributed by atoms with Gasteiger partial charge in [-0.15, -0.1) is 0 Å². The predicted octanol–water partition coefficient (Wildman–Crippen LogP) is 5.76. The fourth-order valence-corrected chi connectivity index (χ4v) is 2.81. The highest BCUT2D eigenvalue weighted by molar-refractivity contribution is 6.37. The molecule has 0 spiro atoms. The van der Waals surface area contributed by atoms with Crippen LogP contribution in [0.4, 0.5) is 5.69 Å². The van der Waals surface area contributed by atoms with Crippen LogP contribution in [0.15, 0.2) is 54.6 Å². The molecule has 0 atom stereocenters. The number of nitrogens with one attached hydrogen (secondary N) is 1. The molecule has 2 aromatic rings. The van der Waals surface area contributed by atoms with Gasteiger partial charge in [-0.3, -0.25) is 4.79 Å². The quantitative estimate of drug-likeness (QED) is 0.376. The average molecular weight is 408 g/mol. The van der Waals surface area contributed by atoms with E-state index in [4.69, 9.17) is 39.5 Å². The van der Waals surface area contributed by atoms with Crippen molar-refractivity contribution in [3.8, 4) is 11.8 Å². The molecule has 2 rings (SSSR count). The summed E-state index contributed by atoms with van der Waals surface area (Å²) in [7, 11) is 0. The van der Waals surface area contributed by atoms with Gasteiger partial charge in [0.1, 0.15) is 18.2 Å². The molecule has 0 heterocycles. The molecule has 0 fully saturated rings. The van der Waals surface area contributed by atoms with Crippen LogP contribution in [0.25, 0.3) is 6.08 Å². The highest BCUT2D eigenvalue weighted by atomic mass is 35.5. The van der Waals surface area contributed by atoms with Crippen molar-refractivity contribution >= 4 is 52.5 Å². The number of amides is 1. The molecule has 1 N–H and O–H groups in total. The summed E-state index contributed by atoms with van der Waals surface area (Å²) in [6, 6.07) is 11.7. The lowest BCUT2D eigenvalue weighted by molar-refractivity contribution is -0.112. The molecule has 0 aliphatic carbocycles. The minimum atomic E-state index is -0.597. The number of anilines is 1. The van der Waals surface area contributed by atoms with Gasteiger partial charge >= 0.3 is 0 Å². The van der Waals surface area contributed by atoms with E-state index in [0.29, 0.717) is 22.0 Å². The van der Waals surface area contributed by atoms with Crippen molar-refractivity contribution in [1.29, 1.82) is 5.26 Å². The monoisotopic (exact) mass is 406 g/mol. The van der Waals surface area contributed by atoms with E-state index in [1.54, 1.807) is 42.5 Å². The number of hydrogen-bond acceptors (Lipinski definition) is 3. The van der Waals surface area contributed by atoms with Crippen LogP contribution in [0.1, 0.15) is 5.56 Å². The summed E-state index contributed by atoms with van der Waals surface area (Å²) in [5.74, 6) is -0.288. The first-order valence-electron chi connectivity index (χ1n) is 7.36. The number of benzene rings is 2. The van der Waals surface area contributed by atoms with E-state index in [-0.39, 0.29) is 22.2 Å². The molecule has 4 nitrogen and oxygen atoms in total. The van der Waals surface area contributed by atoms with Crippen LogP contribution in [0.5, 0.6) is 5.75 Å². The van der Waals surface area contributed by atoms with Gasteiger partial charge in [-0.25, -0.2) is 0 Å². The number of para-hydroxylation sites is 1. The lowest BCUT2D eigenvalue weighted by Crippen LogP contribution is -2.13. The largest absolute Gasteiger partial charge is 0.486 e. The van der Waals surface area contributed by atoms with Crippen molar-refractivity contribution in [2.75, 3.05) is 11.9 Å². The number of nitrogens with zero attached hydrogens (tertiary/aromatic N) is 1. The number of rotatable bonds is 6. The van der Waals surface area contributed by atoms with Gasteiger partial charge in [-0.2, -0.15) is 5.26 Å². The third kappa shape index (κ3) is 5.03. The highest BCUT2D eigenvalue weighted by Gasteiger charge is 2.13. The Bertz CT molecular complexity index is 894. The van der Waals surface area contributed by atoms with Gasteiger partial charge in [0, 0.05) is 0 Å². The summed E-state index contributed by atoms with van der Waals surface area (Å²) in [4.78, 5) is 12.3. The number of halogens is 3. The van der Waals surface area contributed by atoms with E-state index < -0.39 is 5.91 Å². The minimum Gasteiger partial charge on any atom is -0.486 e. The smallest absolute Gasteiger partial charge is 0.266 e. The maximum Gasteiger partial charge on any atom is 0.266 e. The summed E-state index contributed by atoms with van der Waals surface area (Å²) in [5.41, 5.74) is 0.762. The Morgan fingerprint density at radius 3 is 2.42 bits per heavy atom. The molecule has 7 heteroatoms. The third-order valence-corrected chi connectivity index (χ3v) is 4.06. The normalized spacial score (nSPS) is 10.8. The van der Waals surface area contributed by atoms with Crippen LogP contribution in [0.3, 0.4) is 0 Å². The Morgan fingerprint density at radius 2 is 1.85 bits per heavy atom. The highest BCUT2D eigenvalue weighted by Crippen LogP contribution is 2.35. The summed E-state index contributed by atoms with van der Waals surface area (Å²) in [5, 5.41) is 12.8. The average Bonchev–Trinajstić information content (AvgIpc) is 2.61. The first-order valence-corrected chi connectivity index (χ1v) is 8.50. The Kier molecular flexibility index (Phi) is 7.11. The molecule has 0 saturated heterocycles. The van der Waals surface area contributed by atoms with Crippen LogP contribution in [-0.2, 0) is 4.79 Å². The number of nitriles is 1. The molecular weight excluding hydrogens is 395 g/mol. The Morgan fingerprint density at radius 1 is 1.19 bits per heavy atom. The summed E-state index contributed by atoms with van der Waals surface area (Å²) < 4.78 is 5.38. The second-order valence-corrected chi connectivity index (χ2v) is 6.24. The molecule has 2 aromatic carbocycles. The maximum absolute atomic E-state index is 12.3. The SMILES string of the molecule is C=CCOc1c(Cl)cc(/C=C(\C#N)C(=O)Nc2ccccc2Cl)cc1Cl. The number of hydrogen-bond donors (Lipinski definition) is 1. The van der Waals surface area contributed by atoms with Crippen molar-refractivity contribution in [3.63, 3.8) is 0 Å². The van der Waals surface area contributed by atoms with Gasteiger partial charge in [-0.05, 0) is 35.9 Å². The molecule has 0 radical (unpaired) electrons. The molecule has 0 saturated carbocycles. The van der Waals surface area contributed by atoms with E-state index in [1.165, 1.54) is 6.08 Å². The second-order valence-electron chi connectivity index (χ2n) is 5.02. The molecule has 0 aromatic heterocycles. The van der Waals surface area contributed by atoms with E-state index >= 15 is 0 Å². The van der Waals surface area contributed by atoms with Crippen LogP contribution in [0, 0.1) is 11.3 Å². The maximum atomic E-state index is 12.3. The third-order valence-electron chi connectivity index (χ3n) is 3.16. The van der Waals surface area contributed by atoms with Gasteiger partial charge in [0.15, 0.2) is 5.75 Å². The zero-order valence-corrected chi connectivity index (χ0v) is 15.7. The van der Waals surface area contributed by atoms with Crippen molar-refractivity contribution in [3.05, 3.63) is 75.3 Å². The van der Waals surface area contributed by atoms with Gasteiger partial charge in [-0.1, -0.05) is 59.6 Å². The summed E-state index contributed by atoms with van der Waals surface area (Å²) in [6.07, 6.45) is 2.94. The van der Waals surface area contributed by atoms with E-state index in [9.17, 15) is 10.1 Å². The first-order chi connectivity index (χ1) is 12.5. The minimum absolute atomic E-state index is 0.128. The Labute approximate surface area is 166 Å². The number of carbonyl (C=O) groups is 1. The van der Waals surface area contributed by atoms with Gasteiger partial charge in [0.25, 0.3) is 5.91 Å². The van der Waals surface area contributed by atoms with Crippen molar-refractivity contribution < 1.29 is 9.53 Å². The Hall–Kier alpha value is -2.45. The molecule has 0 aliphatic rings. The van der Waals surface area contributed by atoms with Crippen LogP contribution < -0.4 is 10.1 Å². The zero-order valence-electron chi connectivity index (χ0n) is 13.4. The van der Waals surface area contributed by atoms with E-state index in [1.807, 2.05) is 6.07 Å². The summed E-state index contributed by atoms with van der Waals surface area (Å²) in [6.45, 7) is 3.80. The van der Waals surface area contributed by atoms with Crippen LogP contribution >= 0.6 is 34.8 Å². The molecule has 0 aliphatic heterocycles. The molecular formula is C19H13Cl3N2O2. The summed E-state index contributed by atoms with van der Waals surface area (Å²) >= 11 is 18.3. The van der Waals surface area contributed by atoms with Gasteiger partial charge in [0.2, 0.25) is 0 Å². The van der Waals surface area contributed by atoms with Crippen molar-refractivity contribution in [2.45, 2.75) is 0 Å². The van der Waals surface area contributed by atoms with Gasteiger partial charge in [0.05, 0.1) is 20.8 Å². The molecule has 1 amide bonds. The lowest BCUT2D eigenvalue weighted by Gasteiger charge is -2.09. The van der Waals surface area contributed by atoms with Crippen LogP contribution in [-0.4, -0.2) is 12.5 Å². The zero-order chi connectivity index (χ0) is 19.1. The topological polar surface area (TPSA) is 62.1 Å². The van der Waals surface area contributed by atoms with Crippen molar-refractivity contribution in [2.24, 2.45) is 0 Å². The fraction of sp³-hybridized carbons (Fsp3) is 0.0526. The first kappa shape index (κ1) is 19.9. The van der Waals surface area contributed by atoms with Crippen LogP contribution in [0.2, 0.25) is 15.1 Å². The lowest BCUT2D eigenvalue weighted by atomic mass is 10.1. The van der Waals surface area contributed by atoms with Crippen molar-refractivity contribution in [1.82, 2.24) is 0 Å². The molecule has 26 heavy (non-hydrogen) atoms. The predicted molar refractivity (Wildman–Crippen MR) is 106 cm³/mol. The molecule has 0 unspecified atom stereocenters. The number of ether oxygens (including phenoxy) is 1. The molecule has 132 valence electrons. The standard InChI is InChI=1S/C19H13Cl3N2O2/c1-2-7-26-18-15(21)9-12(10-16(18)22)8-13(11-23)19(25)24-17-6-4-3-5-14(17)20/h2-6,8-10H,1,7H2,(H,24,25)/b13-8+. The van der Waals surface area contributed by atoms with E-state index in [2.05, 4.69) is 11.9 Å². The van der Waals surface area contributed by atoms with E-state index in [0.717, 1.165) is 0 Å². The fourth-order valence-electron chi connectivity index (χ4n) is 2.01. The number of carbonyl (C=O) groups excluding carboxylic acids is 1. The van der Waals surface area contributed by atoms with Gasteiger partial charge < -0.3 is 10.1 Å².